The van der Waals surface area contributed by atoms with Gasteiger partial charge in [-0.15, -0.1) is 5.10 Å². The highest BCUT2D eigenvalue weighted by molar-refractivity contribution is 6.01. The predicted molar refractivity (Wildman–Crippen MR) is 100 cm³/mol. The van der Waals surface area contributed by atoms with Crippen LogP contribution in [0.2, 0.25) is 0 Å². The fraction of sp³-hybridized carbons (Fsp3) is 0. The van der Waals surface area contributed by atoms with Gasteiger partial charge in [0, 0.05) is 11.3 Å². The third-order valence-electron chi connectivity index (χ3n) is 4.35. The van der Waals surface area contributed by atoms with Crippen molar-refractivity contribution in [1.82, 2.24) is 19.8 Å². The number of pyridine rings is 1. The minimum absolute atomic E-state index is 0.315. The van der Waals surface area contributed by atoms with Crippen LogP contribution in [0.3, 0.4) is 0 Å². The minimum Gasteiger partial charge on any atom is -0.398 e. The van der Waals surface area contributed by atoms with Gasteiger partial charge < -0.3 is 16.0 Å². The largest absolute Gasteiger partial charge is 0.398 e. The molecule has 0 aliphatic heterocycles. The molecule has 0 bridgehead atoms. The lowest BCUT2D eigenvalue weighted by molar-refractivity contribution is 0.461. The average molecular weight is 342 g/mol. The molecule has 7 heteroatoms. The van der Waals surface area contributed by atoms with Crippen LogP contribution in [-0.4, -0.2) is 19.8 Å². The second kappa shape index (κ2) is 5.32. The van der Waals surface area contributed by atoms with E-state index in [0.717, 1.165) is 11.3 Å². The maximum Gasteiger partial charge on any atom is 0.188 e. The standard InChI is InChI=1S/C19H14N6O/c20-13-10-9-12-17(26-24-18(12)21)16(13)19-22-15-8-4-7-14(25(15)23-19)11-5-2-1-3-6-11/h1-10H,20H2,(H2,21,24). The summed E-state index contributed by atoms with van der Waals surface area (Å²) in [5, 5.41) is 9.19. The molecular weight excluding hydrogens is 328 g/mol. The van der Waals surface area contributed by atoms with Gasteiger partial charge in [0.15, 0.2) is 22.9 Å². The number of aromatic nitrogens is 4. The molecule has 0 saturated carbocycles. The molecular formula is C19H14N6O. The number of fused-ring (bicyclic) bond motifs is 2. The maximum atomic E-state index is 6.18. The first-order valence-electron chi connectivity index (χ1n) is 8.07. The van der Waals surface area contributed by atoms with Gasteiger partial charge in [-0.2, -0.15) is 0 Å². The Morgan fingerprint density at radius 2 is 1.73 bits per heavy atom. The zero-order valence-corrected chi connectivity index (χ0v) is 13.6. The normalized spacial score (nSPS) is 11.4. The van der Waals surface area contributed by atoms with Gasteiger partial charge in [-0.3, -0.25) is 0 Å². The Morgan fingerprint density at radius 3 is 2.58 bits per heavy atom. The molecule has 0 radical (unpaired) electrons. The molecule has 5 rings (SSSR count). The van der Waals surface area contributed by atoms with E-state index in [4.69, 9.17) is 16.0 Å². The van der Waals surface area contributed by atoms with E-state index in [1.54, 1.807) is 16.6 Å². The van der Waals surface area contributed by atoms with Crippen molar-refractivity contribution in [3.05, 3.63) is 60.7 Å². The number of rotatable bonds is 2. The first kappa shape index (κ1) is 14.5. The SMILES string of the molecule is Nc1ccc2c(N)noc2c1-c1nc2cccc(-c3ccccc3)n2n1. The number of hydrogen-bond donors (Lipinski definition) is 2. The van der Waals surface area contributed by atoms with Gasteiger partial charge in [-0.05, 0) is 24.3 Å². The summed E-state index contributed by atoms with van der Waals surface area (Å²) in [5.74, 6) is 0.780. The molecule has 0 aliphatic rings. The van der Waals surface area contributed by atoms with Crippen LogP contribution in [-0.2, 0) is 0 Å². The van der Waals surface area contributed by atoms with E-state index in [9.17, 15) is 0 Å². The number of anilines is 2. The molecule has 7 nitrogen and oxygen atoms in total. The molecule has 26 heavy (non-hydrogen) atoms. The molecule has 4 N–H and O–H groups in total. The van der Waals surface area contributed by atoms with Crippen LogP contribution in [0.15, 0.2) is 65.2 Å². The van der Waals surface area contributed by atoms with E-state index in [2.05, 4.69) is 15.2 Å². The summed E-state index contributed by atoms with van der Waals surface area (Å²) in [6, 6.07) is 19.4. The summed E-state index contributed by atoms with van der Waals surface area (Å²) in [4.78, 5) is 4.63. The van der Waals surface area contributed by atoms with Crippen molar-refractivity contribution >= 4 is 28.1 Å². The zero-order chi connectivity index (χ0) is 17.7. The Kier molecular flexibility index (Phi) is 2.96. The van der Waals surface area contributed by atoms with Gasteiger partial charge in [0.05, 0.1) is 16.6 Å². The highest BCUT2D eigenvalue weighted by Crippen LogP contribution is 2.35. The first-order valence-corrected chi connectivity index (χ1v) is 8.07. The highest BCUT2D eigenvalue weighted by atomic mass is 16.5. The summed E-state index contributed by atoms with van der Waals surface area (Å²) in [5.41, 5.74) is 16.3. The zero-order valence-electron chi connectivity index (χ0n) is 13.6. The van der Waals surface area contributed by atoms with Gasteiger partial charge in [-0.1, -0.05) is 41.6 Å². The maximum absolute atomic E-state index is 6.18. The number of nitrogen functional groups attached to an aromatic ring is 2. The number of hydrogen-bond acceptors (Lipinski definition) is 6. The Labute approximate surface area is 147 Å². The van der Waals surface area contributed by atoms with Gasteiger partial charge >= 0.3 is 0 Å². The average Bonchev–Trinajstić information content (AvgIpc) is 3.26. The third-order valence-corrected chi connectivity index (χ3v) is 4.35. The molecule has 0 amide bonds. The van der Waals surface area contributed by atoms with Gasteiger partial charge in [0.25, 0.3) is 0 Å². The van der Waals surface area contributed by atoms with Crippen molar-refractivity contribution in [1.29, 1.82) is 0 Å². The summed E-state index contributed by atoms with van der Waals surface area (Å²) >= 11 is 0. The van der Waals surface area contributed by atoms with Crippen LogP contribution < -0.4 is 11.5 Å². The molecule has 0 saturated heterocycles. The van der Waals surface area contributed by atoms with Crippen molar-refractivity contribution in [3.8, 4) is 22.6 Å². The lowest BCUT2D eigenvalue weighted by atomic mass is 10.1. The monoisotopic (exact) mass is 342 g/mol. The lowest BCUT2D eigenvalue weighted by Crippen LogP contribution is -1.95. The Morgan fingerprint density at radius 1 is 0.885 bits per heavy atom. The van der Waals surface area contributed by atoms with Gasteiger partial charge in [0.2, 0.25) is 0 Å². The molecule has 0 unspecified atom stereocenters. The molecule has 0 atom stereocenters. The van der Waals surface area contributed by atoms with Crippen LogP contribution in [0.25, 0.3) is 39.3 Å². The van der Waals surface area contributed by atoms with E-state index in [-0.39, 0.29) is 0 Å². The summed E-state index contributed by atoms with van der Waals surface area (Å²) in [6.07, 6.45) is 0. The summed E-state index contributed by atoms with van der Waals surface area (Å²) in [6.45, 7) is 0. The second-order valence-corrected chi connectivity index (χ2v) is 5.96. The topological polar surface area (TPSA) is 108 Å². The van der Waals surface area contributed by atoms with Gasteiger partial charge in [0.1, 0.15) is 0 Å². The van der Waals surface area contributed by atoms with E-state index in [0.29, 0.717) is 39.5 Å². The number of benzene rings is 2. The molecule has 3 heterocycles. The quantitative estimate of drug-likeness (QED) is 0.476. The van der Waals surface area contributed by atoms with E-state index >= 15 is 0 Å². The smallest absolute Gasteiger partial charge is 0.188 e. The van der Waals surface area contributed by atoms with E-state index in [1.165, 1.54) is 0 Å². The Balaban J connectivity index is 1.79. The van der Waals surface area contributed by atoms with Crippen molar-refractivity contribution in [2.45, 2.75) is 0 Å². The Hall–Kier alpha value is -3.87. The Bertz CT molecular complexity index is 1260. The summed E-state index contributed by atoms with van der Waals surface area (Å²) in [7, 11) is 0. The van der Waals surface area contributed by atoms with Crippen LogP contribution >= 0.6 is 0 Å². The van der Waals surface area contributed by atoms with Gasteiger partial charge in [-0.25, -0.2) is 9.50 Å². The predicted octanol–water partition coefficient (Wildman–Crippen LogP) is 3.37. The molecule has 2 aromatic carbocycles. The summed E-state index contributed by atoms with van der Waals surface area (Å²) < 4.78 is 7.18. The van der Waals surface area contributed by atoms with Crippen molar-refractivity contribution in [2.24, 2.45) is 0 Å². The number of nitrogens with zero attached hydrogens (tertiary/aromatic N) is 4. The van der Waals surface area contributed by atoms with Crippen LogP contribution in [0, 0.1) is 0 Å². The first-order chi connectivity index (χ1) is 12.7. The molecule has 3 aromatic heterocycles. The third kappa shape index (κ3) is 2.04. The second-order valence-electron chi connectivity index (χ2n) is 5.96. The molecule has 0 spiro atoms. The fourth-order valence-corrected chi connectivity index (χ4v) is 3.11. The fourth-order valence-electron chi connectivity index (χ4n) is 3.11. The molecule has 0 aliphatic carbocycles. The van der Waals surface area contributed by atoms with Crippen molar-refractivity contribution < 1.29 is 4.52 Å². The lowest BCUT2D eigenvalue weighted by Gasteiger charge is -2.03. The molecule has 0 fully saturated rings. The van der Waals surface area contributed by atoms with Crippen LogP contribution in [0.1, 0.15) is 0 Å². The van der Waals surface area contributed by atoms with Crippen LogP contribution in [0.4, 0.5) is 11.5 Å². The van der Waals surface area contributed by atoms with E-state index < -0.39 is 0 Å². The van der Waals surface area contributed by atoms with Crippen molar-refractivity contribution in [3.63, 3.8) is 0 Å². The molecule has 5 aromatic rings. The van der Waals surface area contributed by atoms with E-state index in [1.807, 2.05) is 48.5 Å². The number of nitrogens with two attached hydrogens (primary N) is 2. The highest BCUT2D eigenvalue weighted by Gasteiger charge is 2.19. The molecule has 126 valence electrons. The minimum atomic E-state index is 0.315. The van der Waals surface area contributed by atoms with Crippen molar-refractivity contribution in [2.75, 3.05) is 11.5 Å². The van der Waals surface area contributed by atoms with Crippen LogP contribution in [0.5, 0.6) is 0 Å².